The first kappa shape index (κ1) is 14.3. The molecule has 5 nitrogen and oxygen atoms in total. The van der Waals surface area contributed by atoms with Crippen LogP contribution < -0.4 is 10.1 Å². The van der Waals surface area contributed by atoms with Gasteiger partial charge in [0.05, 0.1) is 12.8 Å². The molecule has 1 aromatic heterocycles. The Bertz CT molecular complexity index is 614. The van der Waals surface area contributed by atoms with Crippen molar-refractivity contribution in [1.82, 2.24) is 9.97 Å². The fraction of sp³-hybridized carbons (Fsp3) is 0.214. The lowest BCUT2D eigenvalue weighted by molar-refractivity contribution is -0.115. The smallest absolute Gasteiger partial charge is 0.231 e. The summed E-state index contributed by atoms with van der Waals surface area (Å²) >= 11 is 5.96. The number of hydrogen-bond donors (Lipinski definition) is 1. The molecule has 0 fully saturated rings. The van der Waals surface area contributed by atoms with Crippen molar-refractivity contribution in [2.24, 2.45) is 0 Å². The summed E-state index contributed by atoms with van der Waals surface area (Å²) in [4.78, 5) is 19.6. The maximum Gasteiger partial charge on any atom is 0.231 e. The van der Waals surface area contributed by atoms with Crippen LogP contribution in [-0.4, -0.2) is 23.0 Å². The second-order valence-corrected chi connectivity index (χ2v) is 4.42. The number of hydrogen-bond acceptors (Lipinski definition) is 4. The van der Waals surface area contributed by atoms with Gasteiger partial charge in [-0.05, 0) is 24.3 Å². The Labute approximate surface area is 122 Å². The summed E-state index contributed by atoms with van der Waals surface area (Å²) in [6.07, 6.45) is 0.355. The summed E-state index contributed by atoms with van der Waals surface area (Å²) in [5, 5.41) is 2.87. The Morgan fingerprint density at radius 3 is 2.60 bits per heavy atom. The fourth-order valence-electron chi connectivity index (χ4n) is 1.60. The van der Waals surface area contributed by atoms with Crippen LogP contribution in [0.2, 0.25) is 5.15 Å². The van der Waals surface area contributed by atoms with Crippen molar-refractivity contribution in [1.29, 1.82) is 0 Å². The maximum absolute atomic E-state index is 11.4. The third kappa shape index (κ3) is 3.45. The number of nitrogens with one attached hydrogen (secondary N) is 1. The van der Waals surface area contributed by atoms with Gasteiger partial charge in [-0.25, -0.2) is 9.97 Å². The maximum atomic E-state index is 11.4. The van der Waals surface area contributed by atoms with Crippen molar-refractivity contribution in [3.63, 3.8) is 0 Å². The number of halogens is 1. The predicted octanol–water partition coefficient (Wildman–Crippen LogP) is 3.15. The highest BCUT2D eigenvalue weighted by Crippen LogP contribution is 2.23. The SMILES string of the molecule is CCC(=O)Nc1nc(Cl)cc(-c2ccc(OC)cc2)n1. The summed E-state index contributed by atoms with van der Waals surface area (Å²) < 4.78 is 5.10. The lowest BCUT2D eigenvalue weighted by Crippen LogP contribution is -2.12. The molecular weight excluding hydrogens is 278 g/mol. The summed E-state index contributed by atoms with van der Waals surface area (Å²) in [5.41, 5.74) is 1.50. The van der Waals surface area contributed by atoms with Crippen molar-refractivity contribution in [3.8, 4) is 17.0 Å². The van der Waals surface area contributed by atoms with Crippen molar-refractivity contribution >= 4 is 23.5 Å². The van der Waals surface area contributed by atoms with E-state index in [1.165, 1.54) is 0 Å². The zero-order chi connectivity index (χ0) is 14.5. The van der Waals surface area contributed by atoms with Crippen LogP contribution in [0.3, 0.4) is 0 Å². The number of nitrogens with zero attached hydrogens (tertiary/aromatic N) is 2. The van der Waals surface area contributed by atoms with Crippen molar-refractivity contribution in [3.05, 3.63) is 35.5 Å². The van der Waals surface area contributed by atoms with Gasteiger partial charge in [-0.2, -0.15) is 0 Å². The molecule has 104 valence electrons. The number of aromatic nitrogens is 2. The van der Waals surface area contributed by atoms with Crippen LogP contribution in [0.4, 0.5) is 5.95 Å². The molecule has 0 radical (unpaired) electrons. The van der Waals surface area contributed by atoms with Crippen LogP contribution in [0.15, 0.2) is 30.3 Å². The minimum absolute atomic E-state index is 0.159. The van der Waals surface area contributed by atoms with Gasteiger partial charge in [-0.15, -0.1) is 0 Å². The van der Waals surface area contributed by atoms with E-state index in [2.05, 4.69) is 15.3 Å². The van der Waals surface area contributed by atoms with E-state index in [1.807, 2.05) is 24.3 Å². The quantitative estimate of drug-likeness (QED) is 0.879. The van der Waals surface area contributed by atoms with Gasteiger partial charge < -0.3 is 4.74 Å². The van der Waals surface area contributed by atoms with Gasteiger partial charge >= 0.3 is 0 Å². The Morgan fingerprint density at radius 1 is 1.30 bits per heavy atom. The predicted molar refractivity (Wildman–Crippen MR) is 78.0 cm³/mol. The highest BCUT2D eigenvalue weighted by Gasteiger charge is 2.08. The van der Waals surface area contributed by atoms with E-state index >= 15 is 0 Å². The van der Waals surface area contributed by atoms with Crippen LogP contribution in [0.1, 0.15) is 13.3 Å². The molecular formula is C14H14ClN3O2. The fourth-order valence-corrected chi connectivity index (χ4v) is 1.78. The van der Waals surface area contributed by atoms with Crippen LogP contribution in [0.5, 0.6) is 5.75 Å². The lowest BCUT2D eigenvalue weighted by atomic mass is 10.1. The summed E-state index contributed by atoms with van der Waals surface area (Å²) in [5.74, 6) is 0.802. The second kappa shape index (κ2) is 6.34. The minimum Gasteiger partial charge on any atom is -0.497 e. The zero-order valence-electron chi connectivity index (χ0n) is 11.2. The standard InChI is InChI=1S/C14H14ClN3O2/c1-3-13(19)18-14-16-11(8-12(15)17-14)9-4-6-10(20-2)7-5-9/h4-8H,3H2,1-2H3,(H,16,17,18,19). The molecule has 0 unspecified atom stereocenters. The van der Waals surface area contributed by atoms with Gasteiger partial charge in [0, 0.05) is 18.1 Å². The molecule has 1 amide bonds. The van der Waals surface area contributed by atoms with Crippen molar-refractivity contribution < 1.29 is 9.53 Å². The molecule has 0 aliphatic rings. The van der Waals surface area contributed by atoms with Gasteiger partial charge in [0.15, 0.2) is 0 Å². The van der Waals surface area contributed by atoms with Crippen molar-refractivity contribution in [2.75, 3.05) is 12.4 Å². The first-order valence-electron chi connectivity index (χ1n) is 6.11. The number of ether oxygens (including phenoxy) is 1. The number of methoxy groups -OCH3 is 1. The van der Waals surface area contributed by atoms with E-state index in [9.17, 15) is 4.79 Å². The first-order chi connectivity index (χ1) is 9.62. The summed E-state index contributed by atoms with van der Waals surface area (Å²) in [6.45, 7) is 1.75. The van der Waals surface area contributed by atoms with Gasteiger partial charge in [0.2, 0.25) is 11.9 Å². The zero-order valence-corrected chi connectivity index (χ0v) is 11.9. The van der Waals surface area contributed by atoms with Crippen molar-refractivity contribution in [2.45, 2.75) is 13.3 Å². The van der Waals surface area contributed by atoms with E-state index < -0.39 is 0 Å². The van der Waals surface area contributed by atoms with E-state index in [-0.39, 0.29) is 17.0 Å². The molecule has 0 spiro atoms. The molecule has 6 heteroatoms. The molecule has 0 bridgehead atoms. The number of carbonyl (C=O) groups is 1. The average molecular weight is 292 g/mol. The molecule has 2 rings (SSSR count). The third-order valence-electron chi connectivity index (χ3n) is 2.65. The molecule has 0 saturated heterocycles. The molecule has 0 atom stereocenters. The third-order valence-corrected chi connectivity index (χ3v) is 2.85. The van der Waals surface area contributed by atoms with Crippen LogP contribution in [0.25, 0.3) is 11.3 Å². The number of amides is 1. The van der Waals surface area contributed by atoms with Gasteiger partial charge in [0.25, 0.3) is 0 Å². The van der Waals surface area contributed by atoms with Crippen LogP contribution >= 0.6 is 11.6 Å². The molecule has 1 N–H and O–H groups in total. The number of anilines is 1. The largest absolute Gasteiger partial charge is 0.497 e. The molecule has 0 saturated carbocycles. The van der Waals surface area contributed by atoms with E-state index in [0.717, 1.165) is 11.3 Å². The summed E-state index contributed by atoms with van der Waals surface area (Å²) in [6, 6.07) is 9.03. The molecule has 20 heavy (non-hydrogen) atoms. The molecule has 2 aromatic rings. The van der Waals surface area contributed by atoms with Crippen LogP contribution in [-0.2, 0) is 4.79 Å². The normalized spacial score (nSPS) is 10.2. The van der Waals surface area contributed by atoms with E-state index in [1.54, 1.807) is 20.1 Å². The number of carbonyl (C=O) groups excluding carboxylic acids is 1. The number of benzene rings is 1. The Hall–Kier alpha value is -2.14. The highest BCUT2D eigenvalue weighted by molar-refractivity contribution is 6.29. The Kier molecular flexibility index (Phi) is 4.53. The average Bonchev–Trinajstić information content (AvgIpc) is 2.46. The molecule has 0 aliphatic heterocycles. The van der Waals surface area contributed by atoms with Gasteiger partial charge in [-0.3, -0.25) is 10.1 Å². The number of rotatable bonds is 4. The van der Waals surface area contributed by atoms with Crippen LogP contribution in [0, 0.1) is 0 Å². The molecule has 1 aromatic carbocycles. The molecule has 0 aliphatic carbocycles. The Balaban J connectivity index is 2.33. The highest BCUT2D eigenvalue weighted by atomic mass is 35.5. The first-order valence-corrected chi connectivity index (χ1v) is 6.49. The van der Waals surface area contributed by atoms with E-state index in [0.29, 0.717) is 12.1 Å². The van der Waals surface area contributed by atoms with E-state index in [4.69, 9.17) is 16.3 Å². The topological polar surface area (TPSA) is 64.1 Å². The summed E-state index contributed by atoms with van der Waals surface area (Å²) in [7, 11) is 1.61. The second-order valence-electron chi connectivity index (χ2n) is 4.03. The van der Waals surface area contributed by atoms with Gasteiger partial charge in [0.1, 0.15) is 10.9 Å². The molecule has 1 heterocycles. The Morgan fingerprint density at radius 2 is 2.00 bits per heavy atom. The van der Waals surface area contributed by atoms with Gasteiger partial charge in [-0.1, -0.05) is 18.5 Å². The minimum atomic E-state index is -0.159. The monoisotopic (exact) mass is 291 g/mol. The lowest BCUT2D eigenvalue weighted by Gasteiger charge is -2.07.